The van der Waals surface area contributed by atoms with Gasteiger partial charge in [-0.1, -0.05) is 12.1 Å². The lowest BCUT2D eigenvalue weighted by atomic mass is 10.1. The monoisotopic (exact) mass is 464 g/mol. The molecule has 3 heterocycles. The number of piperidine rings is 1. The molecule has 0 aliphatic carbocycles. The normalized spacial score (nSPS) is 13.8. The lowest BCUT2D eigenvalue weighted by Crippen LogP contribution is -2.30. The Hall–Kier alpha value is -2.87. The van der Waals surface area contributed by atoms with Crippen molar-refractivity contribution >= 4 is 23.5 Å². The standard InChI is InChI=1S/C25H32N6OS/c1-18-22(11-12-25(32)26-16-20-7-9-21(33-3)10-8-20)19(2)31(29-18)24-15-23(27-17-28-24)30-13-5-4-6-14-30/h7-10,15,17H,4-6,11-14,16H2,1-3H3,(H,26,32). The van der Waals surface area contributed by atoms with E-state index >= 15 is 0 Å². The van der Waals surface area contributed by atoms with Crippen LogP contribution >= 0.6 is 11.8 Å². The van der Waals surface area contributed by atoms with Gasteiger partial charge in [0.1, 0.15) is 12.1 Å². The van der Waals surface area contributed by atoms with Crippen LogP contribution in [0.25, 0.3) is 5.82 Å². The number of nitrogens with one attached hydrogen (secondary N) is 1. The van der Waals surface area contributed by atoms with Gasteiger partial charge in [-0.25, -0.2) is 14.6 Å². The van der Waals surface area contributed by atoms with Crippen LogP contribution in [0.5, 0.6) is 0 Å². The largest absolute Gasteiger partial charge is 0.356 e. The van der Waals surface area contributed by atoms with Gasteiger partial charge in [-0.2, -0.15) is 5.10 Å². The first-order chi connectivity index (χ1) is 16.0. The molecular formula is C25H32N6OS. The molecule has 1 saturated heterocycles. The van der Waals surface area contributed by atoms with E-state index in [1.165, 1.54) is 24.2 Å². The average Bonchev–Trinajstić information content (AvgIpc) is 3.15. The number of thioether (sulfide) groups is 1. The zero-order valence-electron chi connectivity index (χ0n) is 19.7. The highest BCUT2D eigenvalue weighted by molar-refractivity contribution is 7.98. The number of carbonyl (C=O) groups is 1. The maximum Gasteiger partial charge on any atom is 0.220 e. The van der Waals surface area contributed by atoms with Crippen molar-refractivity contribution in [3.05, 3.63) is 59.2 Å². The number of hydrogen-bond acceptors (Lipinski definition) is 6. The van der Waals surface area contributed by atoms with Crippen molar-refractivity contribution in [2.45, 2.75) is 57.4 Å². The summed E-state index contributed by atoms with van der Waals surface area (Å²) in [4.78, 5) is 25.0. The summed E-state index contributed by atoms with van der Waals surface area (Å²) in [5, 5.41) is 7.76. The molecule has 1 N–H and O–H groups in total. The molecule has 2 aromatic heterocycles. The predicted octanol–water partition coefficient (Wildman–Crippen LogP) is 4.24. The Morgan fingerprint density at radius 3 is 2.52 bits per heavy atom. The third-order valence-electron chi connectivity index (χ3n) is 6.23. The third kappa shape index (κ3) is 5.74. The van der Waals surface area contributed by atoms with Crippen molar-refractivity contribution in [1.82, 2.24) is 25.1 Å². The highest BCUT2D eigenvalue weighted by atomic mass is 32.2. The molecule has 8 heteroatoms. The predicted molar refractivity (Wildman–Crippen MR) is 133 cm³/mol. The molecule has 1 aliphatic heterocycles. The molecule has 3 aromatic rings. The number of carbonyl (C=O) groups excluding carboxylic acids is 1. The molecule has 4 rings (SSSR count). The first-order valence-electron chi connectivity index (χ1n) is 11.6. The minimum atomic E-state index is 0.0462. The topological polar surface area (TPSA) is 75.9 Å². The Labute approximate surface area is 200 Å². The lowest BCUT2D eigenvalue weighted by molar-refractivity contribution is -0.121. The molecular weight excluding hydrogens is 432 g/mol. The molecule has 174 valence electrons. The maximum absolute atomic E-state index is 12.5. The molecule has 0 unspecified atom stereocenters. The summed E-state index contributed by atoms with van der Waals surface area (Å²) in [6.07, 6.45) is 8.45. The number of rotatable bonds is 8. The van der Waals surface area contributed by atoms with E-state index in [0.29, 0.717) is 19.4 Å². The van der Waals surface area contributed by atoms with Gasteiger partial charge in [-0.3, -0.25) is 4.79 Å². The number of hydrogen-bond donors (Lipinski definition) is 1. The van der Waals surface area contributed by atoms with Crippen molar-refractivity contribution in [2.24, 2.45) is 0 Å². The van der Waals surface area contributed by atoms with E-state index in [9.17, 15) is 4.79 Å². The van der Waals surface area contributed by atoms with Gasteiger partial charge >= 0.3 is 0 Å². The van der Waals surface area contributed by atoms with E-state index in [2.05, 4.69) is 50.7 Å². The van der Waals surface area contributed by atoms with Crippen molar-refractivity contribution in [3.63, 3.8) is 0 Å². The summed E-state index contributed by atoms with van der Waals surface area (Å²) in [5.41, 5.74) is 4.17. The van der Waals surface area contributed by atoms with Crippen LogP contribution in [-0.2, 0) is 17.8 Å². The number of aromatic nitrogens is 4. The maximum atomic E-state index is 12.5. The van der Waals surface area contributed by atoms with Gasteiger partial charge in [-0.05, 0) is 69.0 Å². The van der Waals surface area contributed by atoms with Crippen molar-refractivity contribution in [3.8, 4) is 5.82 Å². The minimum absolute atomic E-state index is 0.0462. The van der Waals surface area contributed by atoms with E-state index in [0.717, 1.165) is 47.2 Å². The van der Waals surface area contributed by atoms with Crippen LogP contribution < -0.4 is 10.2 Å². The van der Waals surface area contributed by atoms with E-state index in [1.807, 2.05) is 24.6 Å². The zero-order chi connectivity index (χ0) is 23.2. The van der Waals surface area contributed by atoms with Gasteiger partial charge in [0.05, 0.1) is 5.69 Å². The van der Waals surface area contributed by atoms with E-state index < -0.39 is 0 Å². The van der Waals surface area contributed by atoms with Crippen LogP contribution in [0.4, 0.5) is 5.82 Å². The highest BCUT2D eigenvalue weighted by Gasteiger charge is 2.17. The molecule has 0 saturated carbocycles. The Morgan fingerprint density at radius 1 is 1.06 bits per heavy atom. The number of amides is 1. The number of benzene rings is 1. The Kier molecular flexibility index (Phi) is 7.65. The molecule has 0 radical (unpaired) electrons. The van der Waals surface area contributed by atoms with Crippen LogP contribution in [0.15, 0.2) is 41.6 Å². The fourth-order valence-electron chi connectivity index (χ4n) is 4.28. The summed E-state index contributed by atoms with van der Waals surface area (Å²) < 4.78 is 1.88. The Morgan fingerprint density at radius 2 is 1.79 bits per heavy atom. The molecule has 1 fully saturated rings. The zero-order valence-corrected chi connectivity index (χ0v) is 20.5. The molecule has 0 atom stereocenters. The number of nitrogens with zero attached hydrogens (tertiary/aromatic N) is 5. The van der Waals surface area contributed by atoms with E-state index in [1.54, 1.807) is 18.1 Å². The van der Waals surface area contributed by atoms with Gasteiger partial charge in [0, 0.05) is 42.7 Å². The van der Waals surface area contributed by atoms with Crippen LogP contribution in [0.2, 0.25) is 0 Å². The van der Waals surface area contributed by atoms with Crippen molar-refractivity contribution in [1.29, 1.82) is 0 Å². The van der Waals surface area contributed by atoms with Crippen molar-refractivity contribution < 1.29 is 4.79 Å². The van der Waals surface area contributed by atoms with Gasteiger partial charge in [0.15, 0.2) is 5.82 Å². The molecule has 7 nitrogen and oxygen atoms in total. The van der Waals surface area contributed by atoms with E-state index in [4.69, 9.17) is 5.10 Å². The van der Waals surface area contributed by atoms with Crippen LogP contribution in [-0.4, -0.2) is 45.0 Å². The Bertz CT molecular complexity index is 1090. The second kappa shape index (κ2) is 10.8. The number of anilines is 1. The summed E-state index contributed by atoms with van der Waals surface area (Å²) in [6, 6.07) is 10.3. The summed E-state index contributed by atoms with van der Waals surface area (Å²) in [7, 11) is 0. The molecule has 1 aromatic carbocycles. The van der Waals surface area contributed by atoms with Gasteiger partial charge in [-0.15, -0.1) is 11.8 Å². The molecule has 0 spiro atoms. The summed E-state index contributed by atoms with van der Waals surface area (Å²) >= 11 is 1.71. The quantitative estimate of drug-likeness (QED) is 0.503. The Balaban J connectivity index is 1.38. The second-order valence-corrected chi connectivity index (χ2v) is 9.35. The van der Waals surface area contributed by atoms with E-state index in [-0.39, 0.29) is 5.91 Å². The average molecular weight is 465 g/mol. The van der Waals surface area contributed by atoms with Gasteiger partial charge in [0.2, 0.25) is 5.91 Å². The SMILES string of the molecule is CSc1ccc(CNC(=O)CCc2c(C)nn(-c3cc(N4CCCCC4)ncn3)c2C)cc1. The minimum Gasteiger partial charge on any atom is -0.356 e. The number of aryl methyl sites for hydroxylation is 1. The highest BCUT2D eigenvalue weighted by Crippen LogP contribution is 2.22. The first-order valence-corrected chi connectivity index (χ1v) is 12.8. The molecule has 33 heavy (non-hydrogen) atoms. The summed E-state index contributed by atoms with van der Waals surface area (Å²) in [6.45, 7) is 6.66. The third-order valence-corrected chi connectivity index (χ3v) is 6.97. The first kappa shape index (κ1) is 23.3. The van der Waals surface area contributed by atoms with Crippen molar-refractivity contribution in [2.75, 3.05) is 24.2 Å². The van der Waals surface area contributed by atoms with Crippen LogP contribution in [0, 0.1) is 13.8 Å². The fraction of sp³-hybridized carbons (Fsp3) is 0.440. The smallest absolute Gasteiger partial charge is 0.220 e. The summed E-state index contributed by atoms with van der Waals surface area (Å²) in [5.74, 6) is 1.78. The van der Waals surface area contributed by atoms with Crippen LogP contribution in [0.3, 0.4) is 0 Å². The second-order valence-electron chi connectivity index (χ2n) is 8.47. The lowest BCUT2D eigenvalue weighted by Gasteiger charge is -2.27. The van der Waals surface area contributed by atoms with Crippen LogP contribution in [0.1, 0.15) is 48.2 Å². The molecule has 1 amide bonds. The van der Waals surface area contributed by atoms with Gasteiger partial charge < -0.3 is 10.2 Å². The molecule has 0 bridgehead atoms. The fourth-order valence-corrected chi connectivity index (χ4v) is 4.69. The molecule has 1 aliphatic rings. The van der Waals surface area contributed by atoms with Gasteiger partial charge in [0.25, 0.3) is 0 Å².